The van der Waals surface area contributed by atoms with Crippen molar-refractivity contribution in [1.82, 2.24) is 10.2 Å². The Morgan fingerprint density at radius 3 is 2.50 bits per heavy atom. The molecule has 0 atom stereocenters. The molecule has 1 heterocycles. The molecule has 1 aliphatic heterocycles. The Hall–Kier alpha value is -0.610. The highest BCUT2D eigenvalue weighted by atomic mass is 16.5. The summed E-state index contributed by atoms with van der Waals surface area (Å²) in [5.74, 6) is -0.0222. The van der Waals surface area contributed by atoms with E-state index in [0.29, 0.717) is 6.04 Å². The monoisotopic (exact) mass is 200 g/mol. The highest BCUT2D eigenvalue weighted by Crippen LogP contribution is 2.20. The highest BCUT2D eigenvalue weighted by molar-refractivity contribution is 5.77. The number of carbonyl (C=O) groups excluding carboxylic acids is 1. The zero-order chi connectivity index (χ0) is 10.8. The van der Waals surface area contributed by atoms with Crippen LogP contribution in [0.2, 0.25) is 0 Å². The second-order valence-electron chi connectivity index (χ2n) is 4.77. The van der Waals surface area contributed by atoms with Crippen LogP contribution in [0.15, 0.2) is 0 Å². The maximum absolute atomic E-state index is 11.1. The van der Waals surface area contributed by atoms with E-state index in [9.17, 15) is 4.79 Å². The van der Waals surface area contributed by atoms with Gasteiger partial charge in [0.05, 0.1) is 6.04 Å². The first-order chi connectivity index (χ1) is 6.43. The van der Waals surface area contributed by atoms with Gasteiger partial charge in [0.15, 0.2) is 0 Å². The van der Waals surface area contributed by atoms with Gasteiger partial charge in [-0.05, 0) is 20.8 Å². The summed E-state index contributed by atoms with van der Waals surface area (Å²) in [6, 6.07) is 0.303. The van der Waals surface area contributed by atoms with Gasteiger partial charge in [0.1, 0.15) is 6.61 Å². The lowest BCUT2D eigenvalue weighted by Gasteiger charge is -2.47. The second kappa shape index (κ2) is 4.28. The van der Waals surface area contributed by atoms with Crippen LogP contribution in [0.3, 0.4) is 0 Å². The molecule has 0 unspecified atom stereocenters. The van der Waals surface area contributed by atoms with Crippen LogP contribution in [-0.2, 0) is 9.53 Å². The first-order valence-electron chi connectivity index (χ1n) is 4.97. The van der Waals surface area contributed by atoms with Gasteiger partial charge in [-0.2, -0.15) is 0 Å². The summed E-state index contributed by atoms with van der Waals surface area (Å²) in [4.78, 5) is 13.5. The van der Waals surface area contributed by atoms with Crippen molar-refractivity contribution in [2.24, 2.45) is 0 Å². The lowest BCUT2D eigenvalue weighted by atomic mass is 9.98. The molecular formula is C10H20N2O2. The molecule has 4 heteroatoms. The molecule has 0 radical (unpaired) electrons. The molecule has 0 saturated carbocycles. The Balaban J connectivity index is 2.19. The van der Waals surface area contributed by atoms with Crippen LogP contribution in [-0.4, -0.2) is 49.2 Å². The second-order valence-corrected chi connectivity index (χ2v) is 4.77. The van der Waals surface area contributed by atoms with Crippen molar-refractivity contribution in [3.8, 4) is 0 Å². The van der Waals surface area contributed by atoms with E-state index in [1.54, 1.807) is 0 Å². The van der Waals surface area contributed by atoms with Gasteiger partial charge >= 0.3 is 0 Å². The molecule has 1 rings (SSSR count). The maximum Gasteiger partial charge on any atom is 0.246 e. The molecule has 82 valence electrons. The number of nitrogens with zero attached hydrogens (tertiary/aromatic N) is 1. The Labute approximate surface area is 85.6 Å². The summed E-state index contributed by atoms with van der Waals surface area (Å²) in [6.45, 7) is 8.59. The quantitative estimate of drug-likeness (QED) is 0.709. The zero-order valence-electron chi connectivity index (χ0n) is 9.46. The minimum Gasteiger partial charge on any atom is -0.375 e. The van der Waals surface area contributed by atoms with Crippen molar-refractivity contribution in [1.29, 1.82) is 0 Å². The maximum atomic E-state index is 11.1. The molecule has 0 aromatic carbocycles. The van der Waals surface area contributed by atoms with Gasteiger partial charge in [0.25, 0.3) is 0 Å². The summed E-state index contributed by atoms with van der Waals surface area (Å²) in [7, 11) is 1.53. The summed E-state index contributed by atoms with van der Waals surface area (Å²) in [5.41, 5.74) is 0.211. The lowest BCUT2D eigenvalue weighted by molar-refractivity contribution is -0.127. The Morgan fingerprint density at radius 2 is 2.07 bits per heavy atom. The van der Waals surface area contributed by atoms with E-state index in [1.165, 1.54) is 7.11 Å². The first kappa shape index (κ1) is 11.5. The van der Waals surface area contributed by atoms with E-state index in [-0.39, 0.29) is 18.1 Å². The van der Waals surface area contributed by atoms with Gasteiger partial charge in [-0.1, -0.05) is 0 Å². The molecule has 0 aromatic rings. The number of hydrogen-bond donors (Lipinski definition) is 1. The molecule has 14 heavy (non-hydrogen) atoms. The van der Waals surface area contributed by atoms with Crippen molar-refractivity contribution in [3.05, 3.63) is 0 Å². The lowest BCUT2D eigenvalue weighted by Crippen LogP contribution is -2.64. The molecular weight excluding hydrogens is 180 g/mol. The molecule has 0 spiro atoms. The number of amides is 1. The number of rotatable bonds is 3. The Bertz CT molecular complexity index is 205. The van der Waals surface area contributed by atoms with Crippen molar-refractivity contribution >= 4 is 5.91 Å². The minimum absolute atomic E-state index is 0.0222. The Kier molecular flexibility index (Phi) is 3.50. The standard InChI is InChI=1S/C10H20N2O2/c1-10(2,3)12-5-8(6-12)11-9(13)7-14-4/h8H,5-7H2,1-4H3,(H,11,13). The summed E-state index contributed by atoms with van der Waals surface area (Å²) in [6.07, 6.45) is 0. The summed E-state index contributed by atoms with van der Waals surface area (Å²) in [5, 5.41) is 2.91. The number of nitrogens with one attached hydrogen (secondary N) is 1. The third kappa shape index (κ3) is 2.96. The van der Waals surface area contributed by atoms with Crippen LogP contribution in [0.1, 0.15) is 20.8 Å². The number of likely N-dealkylation sites (tertiary alicyclic amines) is 1. The molecule has 1 fully saturated rings. The SMILES string of the molecule is COCC(=O)NC1CN(C(C)(C)C)C1. The summed E-state index contributed by atoms with van der Waals surface area (Å²) >= 11 is 0. The molecule has 0 aromatic heterocycles. The number of ether oxygens (including phenoxy) is 1. The largest absolute Gasteiger partial charge is 0.375 e. The Morgan fingerprint density at radius 1 is 1.50 bits per heavy atom. The van der Waals surface area contributed by atoms with Crippen LogP contribution in [0.25, 0.3) is 0 Å². The molecule has 1 aliphatic rings. The molecule has 4 nitrogen and oxygen atoms in total. The average Bonchev–Trinajstić information content (AvgIpc) is 1.94. The van der Waals surface area contributed by atoms with Crippen LogP contribution >= 0.6 is 0 Å². The van der Waals surface area contributed by atoms with E-state index >= 15 is 0 Å². The molecule has 1 N–H and O–H groups in total. The smallest absolute Gasteiger partial charge is 0.246 e. The third-order valence-corrected chi connectivity index (χ3v) is 2.47. The van der Waals surface area contributed by atoms with Crippen molar-refractivity contribution in [2.75, 3.05) is 26.8 Å². The van der Waals surface area contributed by atoms with Crippen molar-refractivity contribution < 1.29 is 9.53 Å². The molecule has 1 amide bonds. The van der Waals surface area contributed by atoms with E-state index in [2.05, 4.69) is 31.0 Å². The van der Waals surface area contributed by atoms with Crippen LogP contribution in [0.4, 0.5) is 0 Å². The highest BCUT2D eigenvalue weighted by Gasteiger charge is 2.34. The van der Waals surface area contributed by atoms with Gasteiger partial charge in [0, 0.05) is 25.7 Å². The van der Waals surface area contributed by atoms with Gasteiger partial charge < -0.3 is 10.1 Å². The van der Waals surface area contributed by atoms with Gasteiger partial charge in [-0.15, -0.1) is 0 Å². The topological polar surface area (TPSA) is 41.6 Å². The molecule has 0 bridgehead atoms. The van der Waals surface area contributed by atoms with E-state index < -0.39 is 0 Å². The molecule has 0 aliphatic carbocycles. The number of methoxy groups -OCH3 is 1. The average molecular weight is 200 g/mol. The van der Waals surface area contributed by atoms with Gasteiger partial charge in [0.2, 0.25) is 5.91 Å². The predicted octanol–water partition coefficient (Wildman–Crippen LogP) is 0.232. The van der Waals surface area contributed by atoms with Crippen molar-refractivity contribution in [2.45, 2.75) is 32.4 Å². The van der Waals surface area contributed by atoms with Gasteiger partial charge in [-0.25, -0.2) is 0 Å². The van der Waals surface area contributed by atoms with Crippen LogP contribution in [0, 0.1) is 0 Å². The third-order valence-electron chi connectivity index (χ3n) is 2.47. The fraction of sp³-hybridized carbons (Fsp3) is 0.900. The summed E-state index contributed by atoms with van der Waals surface area (Å²) < 4.78 is 4.74. The minimum atomic E-state index is -0.0222. The van der Waals surface area contributed by atoms with Crippen LogP contribution in [0.5, 0.6) is 0 Å². The van der Waals surface area contributed by atoms with Gasteiger partial charge in [-0.3, -0.25) is 9.69 Å². The van der Waals surface area contributed by atoms with E-state index in [4.69, 9.17) is 4.74 Å². The number of hydrogen-bond acceptors (Lipinski definition) is 3. The van der Waals surface area contributed by atoms with Crippen molar-refractivity contribution in [3.63, 3.8) is 0 Å². The normalized spacial score (nSPS) is 19.1. The zero-order valence-corrected chi connectivity index (χ0v) is 9.46. The molecule has 1 saturated heterocycles. The van der Waals surface area contributed by atoms with Crippen LogP contribution < -0.4 is 5.32 Å². The first-order valence-corrected chi connectivity index (χ1v) is 4.97. The van der Waals surface area contributed by atoms with E-state index in [0.717, 1.165) is 13.1 Å². The fourth-order valence-electron chi connectivity index (χ4n) is 1.52. The predicted molar refractivity (Wildman–Crippen MR) is 55.1 cm³/mol. The number of carbonyl (C=O) groups is 1. The van der Waals surface area contributed by atoms with E-state index in [1.807, 2.05) is 0 Å². The fourth-order valence-corrected chi connectivity index (χ4v) is 1.52.